The molecule has 1 aromatic heterocycles. The maximum Gasteiger partial charge on any atom is 0.326 e. The summed E-state index contributed by atoms with van der Waals surface area (Å²) in [5, 5.41) is 16.5. The average molecular weight is 336 g/mol. The highest BCUT2D eigenvalue weighted by Gasteiger charge is 2.21. The Morgan fingerprint density at radius 3 is 2.91 bits per heavy atom. The van der Waals surface area contributed by atoms with Crippen LogP contribution < -0.4 is 5.32 Å². The molecule has 2 rings (SSSR count). The first kappa shape index (κ1) is 17.3. The van der Waals surface area contributed by atoms with E-state index in [0.29, 0.717) is 23.5 Å². The Labute approximate surface area is 138 Å². The Bertz CT molecular complexity index is 698. The third-order valence-electron chi connectivity index (χ3n) is 3.42. The fourth-order valence-corrected chi connectivity index (χ4v) is 2.92. The summed E-state index contributed by atoms with van der Waals surface area (Å²) in [7, 11) is 0. The summed E-state index contributed by atoms with van der Waals surface area (Å²) in [6, 6.07) is 4.74. The third kappa shape index (κ3) is 4.72. The molecular weight excluding hydrogens is 316 g/mol. The van der Waals surface area contributed by atoms with Gasteiger partial charge in [0, 0.05) is 5.39 Å². The molecule has 0 aliphatic rings. The van der Waals surface area contributed by atoms with Crippen LogP contribution in [0.1, 0.15) is 24.6 Å². The molecule has 0 aliphatic carbocycles. The lowest BCUT2D eigenvalue weighted by atomic mass is 10.1. The quantitative estimate of drug-likeness (QED) is 0.719. The summed E-state index contributed by atoms with van der Waals surface area (Å²) in [5.74, 6) is 0.233. The zero-order valence-corrected chi connectivity index (χ0v) is 14.0. The molecule has 0 bridgehead atoms. The van der Waals surface area contributed by atoms with Crippen molar-refractivity contribution in [2.45, 2.75) is 32.7 Å². The van der Waals surface area contributed by atoms with E-state index < -0.39 is 12.0 Å². The summed E-state index contributed by atoms with van der Waals surface area (Å²) in [4.78, 5) is 23.4. The van der Waals surface area contributed by atoms with E-state index in [4.69, 9.17) is 4.52 Å². The van der Waals surface area contributed by atoms with Crippen LogP contribution in [0.4, 0.5) is 0 Å². The molecule has 2 N–H and O–H groups in total. The van der Waals surface area contributed by atoms with Gasteiger partial charge in [0.2, 0.25) is 5.91 Å². The molecule has 124 valence electrons. The van der Waals surface area contributed by atoms with Gasteiger partial charge in [-0.2, -0.15) is 11.8 Å². The normalized spacial score (nSPS) is 12.3. The van der Waals surface area contributed by atoms with Crippen LogP contribution >= 0.6 is 11.8 Å². The van der Waals surface area contributed by atoms with Crippen molar-refractivity contribution in [1.29, 1.82) is 0 Å². The van der Waals surface area contributed by atoms with Crippen LogP contribution in [0.3, 0.4) is 0 Å². The zero-order chi connectivity index (χ0) is 16.8. The van der Waals surface area contributed by atoms with E-state index in [1.165, 1.54) is 0 Å². The minimum Gasteiger partial charge on any atom is -0.480 e. The van der Waals surface area contributed by atoms with E-state index in [9.17, 15) is 14.7 Å². The van der Waals surface area contributed by atoms with Crippen molar-refractivity contribution in [3.8, 4) is 0 Å². The molecule has 0 spiro atoms. The molecule has 2 aromatic rings. The summed E-state index contributed by atoms with van der Waals surface area (Å²) in [5.41, 5.74) is 2.18. The number of carbonyl (C=O) groups is 2. The van der Waals surface area contributed by atoms with Crippen LogP contribution in [0.2, 0.25) is 0 Å². The van der Waals surface area contributed by atoms with Crippen molar-refractivity contribution in [2.24, 2.45) is 0 Å². The average Bonchev–Trinajstić information content (AvgIpc) is 2.88. The Balaban J connectivity index is 2.01. The van der Waals surface area contributed by atoms with Gasteiger partial charge in [-0.1, -0.05) is 23.7 Å². The highest BCUT2D eigenvalue weighted by atomic mass is 32.2. The number of rotatable bonds is 8. The minimum absolute atomic E-state index is 0.00114. The molecule has 0 fully saturated rings. The fourth-order valence-electron chi connectivity index (χ4n) is 2.23. The zero-order valence-electron chi connectivity index (χ0n) is 13.2. The van der Waals surface area contributed by atoms with Gasteiger partial charge in [0.05, 0.1) is 6.42 Å². The van der Waals surface area contributed by atoms with Gasteiger partial charge < -0.3 is 14.9 Å². The predicted molar refractivity (Wildman–Crippen MR) is 89.6 cm³/mol. The van der Waals surface area contributed by atoms with Gasteiger partial charge in [-0.25, -0.2) is 4.79 Å². The Hall–Kier alpha value is -2.02. The maximum atomic E-state index is 12.1. The first-order valence-electron chi connectivity index (χ1n) is 7.46. The van der Waals surface area contributed by atoms with Gasteiger partial charge in [-0.15, -0.1) is 0 Å². The van der Waals surface area contributed by atoms with E-state index in [0.717, 1.165) is 16.7 Å². The van der Waals surface area contributed by atoms with Crippen molar-refractivity contribution in [2.75, 3.05) is 11.5 Å². The molecule has 1 amide bonds. The van der Waals surface area contributed by atoms with Crippen LogP contribution in [0.15, 0.2) is 22.7 Å². The topological polar surface area (TPSA) is 92.4 Å². The predicted octanol–water partition coefficient (Wildman–Crippen LogP) is 2.39. The van der Waals surface area contributed by atoms with Crippen molar-refractivity contribution < 1.29 is 19.2 Å². The number of nitrogens with one attached hydrogen (secondary N) is 1. The number of thioether (sulfide) groups is 1. The third-order valence-corrected chi connectivity index (χ3v) is 4.35. The van der Waals surface area contributed by atoms with Gasteiger partial charge in [-0.05, 0) is 37.0 Å². The molecule has 1 unspecified atom stereocenters. The monoisotopic (exact) mass is 336 g/mol. The number of carbonyl (C=O) groups excluding carboxylic acids is 1. The number of aromatic nitrogens is 1. The molecule has 1 heterocycles. The Morgan fingerprint density at radius 2 is 2.22 bits per heavy atom. The van der Waals surface area contributed by atoms with E-state index in [1.54, 1.807) is 17.8 Å². The minimum atomic E-state index is -1.02. The highest BCUT2D eigenvalue weighted by molar-refractivity contribution is 7.99. The molecular formula is C16H20N2O4S. The summed E-state index contributed by atoms with van der Waals surface area (Å²) in [6.45, 7) is 3.96. The summed E-state index contributed by atoms with van der Waals surface area (Å²) >= 11 is 1.65. The number of aryl methyl sites for hydroxylation is 1. The van der Waals surface area contributed by atoms with Crippen molar-refractivity contribution >= 4 is 34.6 Å². The number of aliphatic carboxylic acids is 1. The lowest BCUT2D eigenvalue weighted by Gasteiger charge is -2.13. The van der Waals surface area contributed by atoms with Crippen LogP contribution in [0.25, 0.3) is 11.0 Å². The fraction of sp³-hybridized carbons (Fsp3) is 0.438. The maximum absolute atomic E-state index is 12.1. The molecule has 23 heavy (non-hydrogen) atoms. The number of carboxylic acids is 1. The first-order chi connectivity index (χ1) is 11.0. The van der Waals surface area contributed by atoms with E-state index in [1.807, 2.05) is 26.0 Å². The number of hydrogen-bond acceptors (Lipinski definition) is 5. The molecule has 0 aliphatic heterocycles. The van der Waals surface area contributed by atoms with Crippen LogP contribution in [0.5, 0.6) is 0 Å². The van der Waals surface area contributed by atoms with Crippen LogP contribution in [-0.2, 0) is 16.0 Å². The lowest BCUT2D eigenvalue weighted by Crippen LogP contribution is -2.42. The number of hydrogen-bond donors (Lipinski definition) is 2. The first-order valence-corrected chi connectivity index (χ1v) is 8.61. The number of benzene rings is 1. The number of carboxylic acid groups (broad SMARTS) is 1. The van der Waals surface area contributed by atoms with Crippen molar-refractivity contribution in [3.63, 3.8) is 0 Å². The second-order valence-electron chi connectivity index (χ2n) is 5.25. The standard InChI is InChI=1S/C16H20N2O4S/c1-3-23-7-6-12(16(20)21)17-15(19)9-13-11-8-10(2)4-5-14(11)22-18-13/h4-5,8,12H,3,6-7,9H2,1-2H3,(H,17,19)(H,20,21). The highest BCUT2D eigenvalue weighted by Crippen LogP contribution is 2.20. The van der Waals surface area contributed by atoms with E-state index in [2.05, 4.69) is 10.5 Å². The van der Waals surface area contributed by atoms with E-state index >= 15 is 0 Å². The van der Waals surface area contributed by atoms with Crippen molar-refractivity contribution in [3.05, 3.63) is 29.5 Å². The molecule has 0 radical (unpaired) electrons. The summed E-state index contributed by atoms with van der Waals surface area (Å²) in [6.07, 6.45) is 0.402. The van der Waals surface area contributed by atoms with Crippen molar-refractivity contribution in [1.82, 2.24) is 10.5 Å². The largest absolute Gasteiger partial charge is 0.480 e. The molecule has 0 saturated carbocycles. The van der Waals surface area contributed by atoms with Gasteiger partial charge in [-0.3, -0.25) is 4.79 Å². The Morgan fingerprint density at radius 1 is 1.43 bits per heavy atom. The van der Waals surface area contributed by atoms with Gasteiger partial charge >= 0.3 is 5.97 Å². The molecule has 7 heteroatoms. The molecule has 1 aromatic carbocycles. The van der Waals surface area contributed by atoms with Gasteiger partial charge in [0.15, 0.2) is 5.58 Å². The van der Waals surface area contributed by atoms with Crippen LogP contribution in [-0.4, -0.2) is 39.7 Å². The Kier molecular flexibility index (Phi) is 6.04. The summed E-state index contributed by atoms with van der Waals surface area (Å²) < 4.78 is 5.19. The lowest BCUT2D eigenvalue weighted by molar-refractivity contribution is -0.141. The smallest absolute Gasteiger partial charge is 0.326 e. The SMILES string of the molecule is CCSCCC(NC(=O)Cc1noc2ccc(C)cc12)C(=O)O. The van der Waals surface area contributed by atoms with Gasteiger partial charge in [0.1, 0.15) is 11.7 Å². The second kappa shape index (κ2) is 8.01. The molecule has 0 saturated heterocycles. The number of fused-ring (bicyclic) bond motifs is 1. The second-order valence-corrected chi connectivity index (χ2v) is 6.64. The van der Waals surface area contributed by atoms with E-state index in [-0.39, 0.29) is 12.3 Å². The van der Waals surface area contributed by atoms with Crippen LogP contribution in [0, 0.1) is 6.92 Å². The number of nitrogens with zero attached hydrogens (tertiary/aromatic N) is 1. The number of amides is 1. The molecule has 1 atom stereocenters. The van der Waals surface area contributed by atoms with Gasteiger partial charge in [0.25, 0.3) is 0 Å². The molecule has 6 nitrogen and oxygen atoms in total.